The van der Waals surface area contributed by atoms with Gasteiger partial charge >= 0.3 is 6.09 Å². The largest absolute Gasteiger partial charge is 0.444 e. The van der Waals surface area contributed by atoms with Crippen LogP contribution in [0.2, 0.25) is 0 Å². The van der Waals surface area contributed by atoms with Gasteiger partial charge in [-0.1, -0.05) is 60.7 Å². The van der Waals surface area contributed by atoms with E-state index in [4.69, 9.17) is 4.74 Å². The lowest BCUT2D eigenvalue weighted by Gasteiger charge is -2.48. The van der Waals surface area contributed by atoms with E-state index in [1.807, 2.05) is 62.1 Å². The minimum absolute atomic E-state index is 0.164. The van der Waals surface area contributed by atoms with Crippen LogP contribution in [0.4, 0.5) is 4.79 Å². The Morgan fingerprint density at radius 2 is 1.34 bits per heavy atom. The van der Waals surface area contributed by atoms with Gasteiger partial charge in [0.1, 0.15) is 5.60 Å². The second-order valence-electron chi connectivity index (χ2n) is 8.66. The van der Waals surface area contributed by atoms with E-state index in [1.165, 1.54) is 11.1 Å². The summed E-state index contributed by atoms with van der Waals surface area (Å²) in [4.78, 5) is 14.7. The summed E-state index contributed by atoms with van der Waals surface area (Å²) in [6.07, 6.45) is 0.754. The van der Waals surface area contributed by atoms with Gasteiger partial charge in [0.15, 0.2) is 0 Å². The molecule has 156 valence electrons. The number of likely N-dealkylation sites (tertiary alicyclic amines) is 1. The van der Waals surface area contributed by atoms with Gasteiger partial charge in [-0.15, -0.1) is 0 Å². The summed E-state index contributed by atoms with van der Waals surface area (Å²) >= 11 is 0. The van der Waals surface area contributed by atoms with E-state index in [9.17, 15) is 4.79 Å². The first-order chi connectivity index (χ1) is 13.9. The lowest BCUT2D eigenvalue weighted by Crippen LogP contribution is -2.64. The average Bonchev–Trinajstić information content (AvgIpc) is 2.66. The molecule has 3 rings (SSSR count). The SMILES string of the molecule is CC(C)(C)OC(=O)N1[C@H](CNCc2ccccc2)C[C@@H]1CNCc1ccccc1. The minimum atomic E-state index is -0.489. The van der Waals surface area contributed by atoms with Crippen LogP contribution in [0, 0.1) is 0 Å². The molecule has 2 atom stereocenters. The Bertz CT molecular complexity index is 707. The molecule has 0 radical (unpaired) electrons. The third kappa shape index (κ3) is 6.58. The summed E-state index contributed by atoms with van der Waals surface area (Å²) in [6.45, 7) is 8.88. The number of ether oxygens (including phenoxy) is 1. The zero-order valence-corrected chi connectivity index (χ0v) is 17.7. The highest BCUT2D eigenvalue weighted by Crippen LogP contribution is 2.27. The van der Waals surface area contributed by atoms with Crippen LogP contribution in [-0.2, 0) is 17.8 Å². The Labute approximate surface area is 174 Å². The molecule has 1 amide bonds. The molecular formula is C24H33N3O2. The summed E-state index contributed by atoms with van der Waals surface area (Å²) in [5, 5.41) is 6.97. The van der Waals surface area contributed by atoms with Crippen LogP contribution in [0.3, 0.4) is 0 Å². The summed E-state index contributed by atoms with van der Waals surface area (Å²) in [6, 6.07) is 21.0. The van der Waals surface area contributed by atoms with Crippen molar-refractivity contribution in [2.45, 2.75) is 58.0 Å². The van der Waals surface area contributed by atoms with Gasteiger partial charge in [0.2, 0.25) is 0 Å². The standard InChI is InChI=1S/C24H33N3O2/c1-24(2,3)29-23(28)27-21(17-25-15-19-10-6-4-7-11-19)14-22(27)18-26-16-20-12-8-5-9-13-20/h4-13,21-22,25-26H,14-18H2,1-3H3/t21-,22+. The van der Waals surface area contributed by atoms with Gasteiger partial charge in [0.25, 0.3) is 0 Å². The Balaban J connectivity index is 1.51. The quantitative estimate of drug-likeness (QED) is 0.711. The van der Waals surface area contributed by atoms with Crippen LogP contribution in [0.5, 0.6) is 0 Å². The molecule has 2 N–H and O–H groups in total. The highest BCUT2D eigenvalue weighted by Gasteiger charge is 2.43. The third-order valence-electron chi connectivity index (χ3n) is 5.04. The number of hydrogen-bond acceptors (Lipinski definition) is 4. The Kier molecular flexibility index (Phi) is 7.29. The number of nitrogens with zero attached hydrogens (tertiary/aromatic N) is 1. The molecule has 0 aromatic heterocycles. The molecule has 1 saturated heterocycles. The number of hydrogen-bond donors (Lipinski definition) is 2. The monoisotopic (exact) mass is 395 g/mol. The van der Waals surface area contributed by atoms with Gasteiger partial charge in [-0.2, -0.15) is 0 Å². The molecule has 1 heterocycles. The molecule has 0 saturated carbocycles. The molecule has 29 heavy (non-hydrogen) atoms. The normalized spacial score (nSPS) is 18.9. The summed E-state index contributed by atoms with van der Waals surface area (Å²) in [7, 11) is 0. The number of nitrogens with one attached hydrogen (secondary N) is 2. The van der Waals surface area contributed by atoms with Crippen molar-refractivity contribution in [1.29, 1.82) is 0 Å². The predicted octanol–water partition coefficient (Wildman–Crippen LogP) is 3.94. The number of rotatable bonds is 8. The van der Waals surface area contributed by atoms with Crippen LogP contribution in [0.25, 0.3) is 0 Å². The second kappa shape index (κ2) is 9.90. The van der Waals surface area contributed by atoms with Gasteiger partial charge in [-0.05, 0) is 38.3 Å². The number of amides is 1. The maximum absolute atomic E-state index is 12.8. The minimum Gasteiger partial charge on any atom is -0.444 e. The molecule has 1 aliphatic heterocycles. The fraction of sp³-hybridized carbons (Fsp3) is 0.458. The summed E-state index contributed by atoms with van der Waals surface area (Å²) in [5.74, 6) is 0. The molecule has 2 aromatic rings. The Hall–Kier alpha value is -2.37. The van der Waals surface area contributed by atoms with Crippen molar-refractivity contribution in [2.24, 2.45) is 0 Å². The van der Waals surface area contributed by atoms with E-state index in [1.54, 1.807) is 0 Å². The van der Waals surface area contributed by atoms with E-state index in [-0.39, 0.29) is 18.2 Å². The van der Waals surface area contributed by atoms with Crippen molar-refractivity contribution in [2.75, 3.05) is 13.1 Å². The lowest BCUT2D eigenvalue weighted by atomic mass is 9.93. The van der Waals surface area contributed by atoms with Crippen molar-refractivity contribution < 1.29 is 9.53 Å². The van der Waals surface area contributed by atoms with E-state index in [0.717, 1.165) is 32.6 Å². The lowest BCUT2D eigenvalue weighted by molar-refractivity contribution is -0.0306. The molecule has 0 spiro atoms. The third-order valence-corrected chi connectivity index (χ3v) is 5.04. The van der Waals surface area contributed by atoms with Crippen LogP contribution in [0.15, 0.2) is 60.7 Å². The topological polar surface area (TPSA) is 53.6 Å². The fourth-order valence-corrected chi connectivity index (χ4v) is 3.64. The van der Waals surface area contributed by atoms with Crippen molar-refractivity contribution >= 4 is 6.09 Å². The average molecular weight is 396 g/mol. The van der Waals surface area contributed by atoms with Gasteiger partial charge < -0.3 is 15.4 Å². The molecule has 0 aliphatic carbocycles. The van der Waals surface area contributed by atoms with Crippen LogP contribution < -0.4 is 10.6 Å². The van der Waals surface area contributed by atoms with E-state index < -0.39 is 5.60 Å². The predicted molar refractivity (Wildman–Crippen MR) is 117 cm³/mol. The number of benzene rings is 2. The zero-order chi connectivity index (χ0) is 20.7. The van der Waals surface area contributed by atoms with Gasteiger partial charge in [0, 0.05) is 38.3 Å². The van der Waals surface area contributed by atoms with E-state index in [0.29, 0.717) is 0 Å². The summed E-state index contributed by atoms with van der Waals surface area (Å²) in [5.41, 5.74) is 2.00. The number of carbonyl (C=O) groups is 1. The maximum Gasteiger partial charge on any atom is 0.410 e. The first-order valence-corrected chi connectivity index (χ1v) is 10.4. The highest BCUT2D eigenvalue weighted by molar-refractivity contribution is 5.70. The molecule has 0 bridgehead atoms. The highest BCUT2D eigenvalue weighted by atomic mass is 16.6. The molecule has 1 aliphatic rings. The molecule has 2 aromatic carbocycles. The molecule has 1 fully saturated rings. The maximum atomic E-state index is 12.8. The smallest absolute Gasteiger partial charge is 0.410 e. The number of carbonyl (C=O) groups excluding carboxylic acids is 1. The zero-order valence-electron chi connectivity index (χ0n) is 17.7. The fourth-order valence-electron chi connectivity index (χ4n) is 3.64. The Morgan fingerprint density at radius 1 is 0.897 bits per heavy atom. The van der Waals surface area contributed by atoms with Crippen molar-refractivity contribution in [3.63, 3.8) is 0 Å². The summed E-state index contributed by atoms with van der Waals surface area (Å²) < 4.78 is 5.66. The van der Waals surface area contributed by atoms with Gasteiger partial charge in [0.05, 0.1) is 0 Å². The molecule has 5 nitrogen and oxygen atoms in total. The van der Waals surface area contributed by atoms with Gasteiger partial charge in [-0.3, -0.25) is 4.90 Å². The van der Waals surface area contributed by atoms with E-state index in [2.05, 4.69) is 34.9 Å². The first-order valence-electron chi connectivity index (χ1n) is 10.4. The van der Waals surface area contributed by atoms with Crippen molar-refractivity contribution in [1.82, 2.24) is 15.5 Å². The van der Waals surface area contributed by atoms with Gasteiger partial charge in [-0.25, -0.2) is 4.79 Å². The van der Waals surface area contributed by atoms with E-state index >= 15 is 0 Å². The molecule has 5 heteroatoms. The van der Waals surface area contributed by atoms with Crippen LogP contribution in [-0.4, -0.2) is 41.8 Å². The Morgan fingerprint density at radius 3 is 1.76 bits per heavy atom. The van der Waals surface area contributed by atoms with Crippen LogP contribution >= 0.6 is 0 Å². The van der Waals surface area contributed by atoms with Crippen molar-refractivity contribution in [3.05, 3.63) is 71.8 Å². The first kappa shape index (κ1) is 21.3. The molecule has 0 unspecified atom stereocenters. The molecular weight excluding hydrogens is 362 g/mol. The van der Waals surface area contributed by atoms with Crippen molar-refractivity contribution in [3.8, 4) is 0 Å². The van der Waals surface area contributed by atoms with Crippen LogP contribution in [0.1, 0.15) is 38.3 Å². The second-order valence-corrected chi connectivity index (χ2v) is 8.66.